The van der Waals surface area contributed by atoms with Gasteiger partial charge in [0.2, 0.25) is 0 Å². The molecule has 78 valence electrons. The minimum absolute atomic E-state index is 0.0642. The maximum absolute atomic E-state index is 11.4. The second-order valence-corrected chi connectivity index (χ2v) is 3.45. The molecule has 0 N–H and O–H groups in total. The van der Waals surface area contributed by atoms with Gasteiger partial charge in [-0.2, -0.15) is 0 Å². The number of rotatable bonds is 4. The third-order valence-corrected chi connectivity index (χ3v) is 1.96. The molecule has 0 aliphatic heterocycles. The second-order valence-electron chi connectivity index (χ2n) is 3.45. The molecular formula is C12H18O2. The van der Waals surface area contributed by atoms with E-state index in [-0.39, 0.29) is 17.8 Å². The van der Waals surface area contributed by atoms with Crippen molar-refractivity contribution >= 4 is 5.97 Å². The Labute approximate surface area is 86.0 Å². The van der Waals surface area contributed by atoms with E-state index in [9.17, 15) is 4.79 Å². The smallest absolute Gasteiger partial charge is 0.313 e. The molecule has 0 aromatic rings. The summed E-state index contributed by atoms with van der Waals surface area (Å²) in [5, 5.41) is 0. The highest BCUT2D eigenvalue weighted by Crippen LogP contribution is 2.15. The lowest BCUT2D eigenvalue weighted by Gasteiger charge is -2.13. The first-order chi connectivity index (χ1) is 6.52. The van der Waals surface area contributed by atoms with Gasteiger partial charge in [0, 0.05) is 0 Å². The summed E-state index contributed by atoms with van der Waals surface area (Å²) in [6, 6.07) is 0. The van der Waals surface area contributed by atoms with E-state index in [2.05, 4.69) is 12.3 Å². The lowest BCUT2D eigenvalue weighted by molar-refractivity contribution is -0.144. The van der Waals surface area contributed by atoms with Crippen LogP contribution in [-0.4, -0.2) is 13.1 Å². The summed E-state index contributed by atoms with van der Waals surface area (Å²) in [6.45, 7) is 9.46. The van der Waals surface area contributed by atoms with E-state index in [1.54, 1.807) is 12.2 Å². The van der Waals surface area contributed by atoms with E-state index < -0.39 is 0 Å². The van der Waals surface area contributed by atoms with Gasteiger partial charge in [0.25, 0.3) is 0 Å². The summed E-state index contributed by atoms with van der Waals surface area (Å²) >= 11 is 0. The highest BCUT2D eigenvalue weighted by molar-refractivity contribution is 5.74. The predicted molar refractivity (Wildman–Crippen MR) is 57.8 cm³/mol. The first kappa shape index (κ1) is 12.7. The van der Waals surface area contributed by atoms with Gasteiger partial charge >= 0.3 is 5.97 Å². The quantitative estimate of drug-likeness (QED) is 0.391. The molecule has 0 aliphatic rings. The molecule has 0 radical (unpaired) electrons. The number of methoxy groups -OCH3 is 1. The van der Waals surface area contributed by atoms with Crippen LogP contribution >= 0.6 is 0 Å². The Morgan fingerprint density at radius 2 is 2.07 bits per heavy atom. The van der Waals surface area contributed by atoms with Crippen molar-refractivity contribution < 1.29 is 9.53 Å². The molecule has 2 unspecified atom stereocenters. The fraction of sp³-hybridized carbons (Fsp3) is 0.500. The van der Waals surface area contributed by atoms with Crippen molar-refractivity contribution in [1.82, 2.24) is 0 Å². The summed E-state index contributed by atoms with van der Waals surface area (Å²) in [5.41, 5.74) is 4.06. The topological polar surface area (TPSA) is 26.3 Å². The van der Waals surface area contributed by atoms with Crippen molar-refractivity contribution in [2.75, 3.05) is 7.11 Å². The lowest BCUT2D eigenvalue weighted by Crippen LogP contribution is -2.19. The summed E-state index contributed by atoms with van der Waals surface area (Å²) in [6.07, 6.45) is 3.48. The van der Waals surface area contributed by atoms with E-state index in [1.165, 1.54) is 7.11 Å². The van der Waals surface area contributed by atoms with Gasteiger partial charge in [0.05, 0.1) is 13.0 Å². The minimum Gasteiger partial charge on any atom is -0.469 e. The largest absolute Gasteiger partial charge is 0.469 e. The Balaban J connectivity index is 4.82. The fourth-order valence-corrected chi connectivity index (χ4v) is 0.974. The number of carbonyl (C=O) groups is 1. The average Bonchev–Trinajstić information content (AvgIpc) is 2.16. The van der Waals surface area contributed by atoms with Crippen LogP contribution in [0, 0.1) is 11.8 Å². The Morgan fingerprint density at radius 3 is 2.43 bits per heavy atom. The second kappa shape index (κ2) is 6.22. The number of allylic oxidation sites excluding steroid dienone is 1. The van der Waals surface area contributed by atoms with Crippen LogP contribution < -0.4 is 0 Å². The summed E-state index contributed by atoms with van der Waals surface area (Å²) in [4.78, 5) is 11.4. The molecule has 2 atom stereocenters. The number of hydrogen-bond acceptors (Lipinski definition) is 2. The van der Waals surface area contributed by atoms with Gasteiger partial charge < -0.3 is 4.74 Å². The van der Waals surface area contributed by atoms with Crippen molar-refractivity contribution in [3.8, 4) is 0 Å². The van der Waals surface area contributed by atoms with Gasteiger partial charge in [0.15, 0.2) is 0 Å². The van der Waals surface area contributed by atoms with Gasteiger partial charge in [-0.05, 0) is 31.4 Å². The molecule has 0 saturated carbocycles. The number of carbonyl (C=O) groups excluding carboxylic acids is 1. The van der Waals surface area contributed by atoms with Gasteiger partial charge in [0.1, 0.15) is 0 Å². The van der Waals surface area contributed by atoms with E-state index in [0.29, 0.717) is 0 Å². The van der Waals surface area contributed by atoms with Crippen molar-refractivity contribution in [2.45, 2.75) is 20.8 Å². The molecular weight excluding hydrogens is 176 g/mol. The van der Waals surface area contributed by atoms with Crippen LogP contribution in [0.25, 0.3) is 0 Å². The van der Waals surface area contributed by atoms with Crippen molar-refractivity contribution in [1.29, 1.82) is 0 Å². The third-order valence-electron chi connectivity index (χ3n) is 1.96. The van der Waals surface area contributed by atoms with Crippen LogP contribution in [0.2, 0.25) is 0 Å². The standard InChI is InChI=1S/C12H18O2/c1-6-10(4)11(12(13)14-5)8-7-9(2)3/h6,8,10-11H,1H2,2-5H3. The normalized spacial score (nSPS) is 13.4. The zero-order chi connectivity index (χ0) is 11.1. The minimum atomic E-state index is -0.285. The maximum atomic E-state index is 11.4. The van der Waals surface area contributed by atoms with Crippen LogP contribution in [0.1, 0.15) is 20.8 Å². The van der Waals surface area contributed by atoms with Crippen LogP contribution in [0.15, 0.2) is 30.0 Å². The molecule has 0 aromatic carbocycles. The van der Waals surface area contributed by atoms with Gasteiger partial charge in [-0.25, -0.2) is 0 Å². The van der Waals surface area contributed by atoms with Crippen molar-refractivity contribution in [3.63, 3.8) is 0 Å². The molecule has 0 bridgehead atoms. The van der Waals surface area contributed by atoms with Gasteiger partial charge in [-0.1, -0.05) is 13.0 Å². The van der Waals surface area contributed by atoms with Crippen molar-refractivity contribution in [3.05, 3.63) is 30.0 Å². The molecule has 0 spiro atoms. The van der Waals surface area contributed by atoms with Crippen LogP contribution in [0.3, 0.4) is 0 Å². The molecule has 0 aliphatic carbocycles. The maximum Gasteiger partial charge on any atom is 0.313 e. The SMILES string of the molecule is C=CC(C)C(C=C=C(C)C)C(=O)OC. The molecule has 0 aromatic heterocycles. The number of ether oxygens (including phenoxy) is 1. The molecule has 2 nitrogen and oxygen atoms in total. The van der Waals surface area contributed by atoms with E-state index in [0.717, 1.165) is 5.57 Å². The summed E-state index contributed by atoms with van der Waals surface area (Å²) in [5.74, 6) is -0.465. The Kier molecular flexibility index (Phi) is 5.66. The van der Waals surface area contributed by atoms with E-state index in [1.807, 2.05) is 20.8 Å². The van der Waals surface area contributed by atoms with E-state index in [4.69, 9.17) is 4.74 Å². The van der Waals surface area contributed by atoms with Crippen LogP contribution in [-0.2, 0) is 9.53 Å². The Morgan fingerprint density at radius 1 is 1.50 bits per heavy atom. The average molecular weight is 194 g/mol. The first-order valence-electron chi connectivity index (χ1n) is 4.63. The van der Waals surface area contributed by atoms with Crippen molar-refractivity contribution in [2.24, 2.45) is 11.8 Å². The van der Waals surface area contributed by atoms with Gasteiger partial charge in [-0.3, -0.25) is 4.79 Å². The lowest BCUT2D eigenvalue weighted by atomic mass is 9.94. The molecule has 0 rings (SSSR count). The molecule has 0 heterocycles. The Bertz CT molecular complexity index is 266. The number of hydrogen-bond donors (Lipinski definition) is 0. The monoisotopic (exact) mass is 194 g/mol. The highest BCUT2D eigenvalue weighted by atomic mass is 16.5. The molecule has 0 fully saturated rings. The third kappa shape index (κ3) is 4.11. The molecule has 0 amide bonds. The Hall–Kier alpha value is -1.27. The summed E-state index contributed by atoms with van der Waals surface area (Å²) in [7, 11) is 1.39. The molecule has 14 heavy (non-hydrogen) atoms. The molecule has 2 heteroatoms. The zero-order valence-electron chi connectivity index (χ0n) is 9.33. The summed E-state index contributed by atoms with van der Waals surface area (Å²) < 4.78 is 4.70. The molecule has 0 saturated heterocycles. The fourth-order valence-electron chi connectivity index (χ4n) is 0.974. The van der Waals surface area contributed by atoms with Crippen LogP contribution in [0.4, 0.5) is 0 Å². The predicted octanol–water partition coefficient (Wildman–Crippen LogP) is 2.72. The van der Waals surface area contributed by atoms with Gasteiger partial charge in [-0.15, -0.1) is 12.3 Å². The highest BCUT2D eigenvalue weighted by Gasteiger charge is 2.20. The first-order valence-corrected chi connectivity index (χ1v) is 4.63. The zero-order valence-corrected chi connectivity index (χ0v) is 9.33. The van der Waals surface area contributed by atoms with E-state index >= 15 is 0 Å². The van der Waals surface area contributed by atoms with Crippen LogP contribution in [0.5, 0.6) is 0 Å². The number of esters is 1.